The molecule has 0 atom stereocenters. The minimum atomic E-state index is 0.0413. The Morgan fingerprint density at radius 3 is 2.76 bits per heavy atom. The highest BCUT2D eigenvalue weighted by atomic mass is 32.2. The summed E-state index contributed by atoms with van der Waals surface area (Å²) in [4.78, 5) is 19.6. The molecule has 2 heterocycles. The van der Waals surface area contributed by atoms with Crippen molar-refractivity contribution < 1.29 is 4.79 Å². The SMILES string of the molecule is CCN1CCC(CCNC(=O)c2cccnc2SC2CCCC2)CC1. The fraction of sp³-hybridized carbons (Fsp3) is 0.700. The smallest absolute Gasteiger partial charge is 0.254 e. The van der Waals surface area contributed by atoms with Gasteiger partial charge in [-0.1, -0.05) is 19.8 Å². The summed E-state index contributed by atoms with van der Waals surface area (Å²) in [6.07, 6.45) is 10.5. The quantitative estimate of drug-likeness (QED) is 0.798. The molecule has 1 aliphatic heterocycles. The number of piperidine rings is 1. The Balaban J connectivity index is 1.46. The van der Waals surface area contributed by atoms with Gasteiger partial charge in [-0.15, -0.1) is 11.8 Å². The first-order valence-electron chi connectivity index (χ1n) is 9.88. The Hall–Kier alpha value is -1.07. The lowest BCUT2D eigenvalue weighted by Gasteiger charge is -2.31. The van der Waals surface area contributed by atoms with Gasteiger partial charge in [0.2, 0.25) is 0 Å². The molecule has 138 valence electrons. The number of pyridine rings is 1. The van der Waals surface area contributed by atoms with Crippen molar-refractivity contribution in [2.75, 3.05) is 26.2 Å². The Labute approximate surface area is 156 Å². The average Bonchev–Trinajstić information content (AvgIpc) is 3.16. The van der Waals surface area contributed by atoms with E-state index in [2.05, 4.69) is 22.1 Å². The van der Waals surface area contributed by atoms with E-state index in [0.717, 1.165) is 36.0 Å². The molecule has 0 bridgehead atoms. The monoisotopic (exact) mass is 361 g/mol. The van der Waals surface area contributed by atoms with Gasteiger partial charge in [-0.2, -0.15) is 0 Å². The normalized spacial score (nSPS) is 20.0. The number of rotatable bonds is 7. The van der Waals surface area contributed by atoms with Gasteiger partial charge in [-0.05, 0) is 69.8 Å². The lowest BCUT2D eigenvalue weighted by Crippen LogP contribution is -2.35. The van der Waals surface area contributed by atoms with Crippen molar-refractivity contribution in [1.29, 1.82) is 0 Å². The molecule has 1 saturated carbocycles. The minimum Gasteiger partial charge on any atom is -0.352 e. The number of carbonyl (C=O) groups is 1. The van der Waals surface area contributed by atoms with Crippen LogP contribution in [0.5, 0.6) is 0 Å². The summed E-state index contributed by atoms with van der Waals surface area (Å²) in [5.74, 6) is 0.795. The highest BCUT2D eigenvalue weighted by Gasteiger charge is 2.21. The molecule has 0 spiro atoms. The van der Waals surface area contributed by atoms with Gasteiger partial charge in [0.25, 0.3) is 5.91 Å². The number of hydrogen-bond acceptors (Lipinski definition) is 4. The van der Waals surface area contributed by atoms with E-state index in [0.29, 0.717) is 5.25 Å². The first-order chi connectivity index (χ1) is 12.3. The van der Waals surface area contributed by atoms with Gasteiger partial charge in [-0.3, -0.25) is 4.79 Å². The van der Waals surface area contributed by atoms with E-state index < -0.39 is 0 Å². The van der Waals surface area contributed by atoms with Crippen molar-refractivity contribution in [2.45, 2.75) is 62.1 Å². The van der Waals surface area contributed by atoms with Gasteiger partial charge in [0.15, 0.2) is 0 Å². The Morgan fingerprint density at radius 1 is 1.28 bits per heavy atom. The molecule has 3 rings (SSSR count). The summed E-state index contributed by atoms with van der Waals surface area (Å²) in [5, 5.41) is 4.67. The van der Waals surface area contributed by atoms with Crippen LogP contribution in [0.15, 0.2) is 23.4 Å². The maximum atomic E-state index is 12.6. The molecule has 1 saturated heterocycles. The van der Waals surface area contributed by atoms with E-state index >= 15 is 0 Å². The Kier molecular flexibility index (Phi) is 7.17. The average molecular weight is 362 g/mol. The van der Waals surface area contributed by atoms with Crippen LogP contribution in [0, 0.1) is 5.92 Å². The standard InChI is InChI=1S/C20H31N3OS/c1-2-23-14-10-16(11-15-23)9-13-21-19(24)18-8-5-12-22-20(18)25-17-6-3-4-7-17/h5,8,12,16-17H,2-4,6-7,9-11,13-15H2,1H3,(H,21,24). The second-order valence-electron chi connectivity index (χ2n) is 7.30. The molecule has 1 aromatic rings. The predicted molar refractivity (Wildman–Crippen MR) is 104 cm³/mol. The van der Waals surface area contributed by atoms with Gasteiger partial charge in [-0.25, -0.2) is 4.98 Å². The van der Waals surface area contributed by atoms with Gasteiger partial charge in [0, 0.05) is 18.0 Å². The van der Waals surface area contributed by atoms with Crippen molar-refractivity contribution >= 4 is 17.7 Å². The second kappa shape index (κ2) is 9.58. The Bertz CT molecular complexity index is 552. The number of likely N-dealkylation sites (tertiary alicyclic amines) is 1. The second-order valence-corrected chi connectivity index (χ2v) is 8.59. The summed E-state index contributed by atoms with van der Waals surface area (Å²) < 4.78 is 0. The fourth-order valence-corrected chi connectivity index (χ4v) is 5.19. The molecule has 0 radical (unpaired) electrons. The largest absolute Gasteiger partial charge is 0.352 e. The molecule has 2 aliphatic rings. The molecule has 1 amide bonds. The zero-order chi connectivity index (χ0) is 17.5. The van der Waals surface area contributed by atoms with Crippen molar-refractivity contribution in [3.8, 4) is 0 Å². The number of thioether (sulfide) groups is 1. The first kappa shape index (κ1) is 18.7. The minimum absolute atomic E-state index is 0.0413. The maximum Gasteiger partial charge on any atom is 0.254 e. The molecule has 0 aromatic carbocycles. The van der Waals surface area contributed by atoms with Crippen LogP contribution >= 0.6 is 11.8 Å². The van der Waals surface area contributed by atoms with Crippen LogP contribution in [-0.2, 0) is 0 Å². The van der Waals surface area contributed by atoms with E-state index in [9.17, 15) is 4.79 Å². The third-order valence-electron chi connectivity index (χ3n) is 5.59. The highest BCUT2D eigenvalue weighted by molar-refractivity contribution is 7.99. The number of aromatic nitrogens is 1. The number of carbonyl (C=O) groups excluding carboxylic acids is 1. The van der Waals surface area contributed by atoms with Gasteiger partial charge in [0.05, 0.1) is 5.56 Å². The molecular formula is C20H31N3OS. The maximum absolute atomic E-state index is 12.6. The van der Waals surface area contributed by atoms with Crippen LogP contribution in [0.4, 0.5) is 0 Å². The number of amides is 1. The summed E-state index contributed by atoms with van der Waals surface area (Å²) in [6.45, 7) is 6.58. The predicted octanol–water partition coefficient (Wildman–Crippen LogP) is 3.97. The highest BCUT2D eigenvalue weighted by Crippen LogP contribution is 2.35. The number of hydrogen-bond donors (Lipinski definition) is 1. The number of nitrogens with one attached hydrogen (secondary N) is 1. The molecule has 0 unspecified atom stereocenters. The molecule has 1 N–H and O–H groups in total. The summed E-state index contributed by atoms with van der Waals surface area (Å²) in [7, 11) is 0. The third kappa shape index (κ3) is 5.45. The van der Waals surface area contributed by atoms with Gasteiger partial charge >= 0.3 is 0 Å². The number of nitrogens with zero attached hydrogens (tertiary/aromatic N) is 2. The topological polar surface area (TPSA) is 45.2 Å². The van der Waals surface area contributed by atoms with Crippen LogP contribution in [0.3, 0.4) is 0 Å². The van der Waals surface area contributed by atoms with Crippen molar-refractivity contribution in [3.05, 3.63) is 23.9 Å². The summed E-state index contributed by atoms with van der Waals surface area (Å²) in [5.41, 5.74) is 0.750. The van der Waals surface area contributed by atoms with Crippen LogP contribution in [0.2, 0.25) is 0 Å². The van der Waals surface area contributed by atoms with E-state index in [4.69, 9.17) is 0 Å². The molecule has 1 aliphatic carbocycles. The van der Waals surface area contributed by atoms with Gasteiger partial charge in [0.1, 0.15) is 5.03 Å². The van der Waals surface area contributed by atoms with Crippen molar-refractivity contribution in [3.63, 3.8) is 0 Å². The van der Waals surface area contributed by atoms with Crippen LogP contribution < -0.4 is 5.32 Å². The molecule has 5 heteroatoms. The zero-order valence-corrected chi connectivity index (χ0v) is 16.2. The molecule has 25 heavy (non-hydrogen) atoms. The van der Waals surface area contributed by atoms with Crippen LogP contribution in [0.25, 0.3) is 0 Å². The Morgan fingerprint density at radius 2 is 2.04 bits per heavy atom. The molecule has 2 fully saturated rings. The van der Waals surface area contributed by atoms with Crippen molar-refractivity contribution in [2.24, 2.45) is 5.92 Å². The van der Waals surface area contributed by atoms with E-state index in [1.54, 1.807) is 18.0 Å². The van der Waals surface area contributed by atoms with E-state index in [1.807, 2.05) is 12.1 Å². The fourth-order valence-electron chi connectivity index (χ4n) is 3.90. The van der Waals surface area contributed by atoms with Crippen molar-refractivity contribution in [1.82, 2.24) is 15.2 Å². The molecule has 4 nitrogen and oxygen atoms in total. The third-order valence-corrected chi connectivity index (χ3v) is 6.94. The first-order valence-corrected chi connectivity index (χ1v) is 10.8. The summed E-state index contributed by atoms with van der Waals surface area (Å²) >= 11 is 1.79. The summed E-state index contributed by atoms with van der Waals surface area (Å²) in [6, 6.07) is 3.79. The lowest BCUT2D eigenvalue weighted by atomic mass is 9.93. The molecular weight excluding hydrogens is 330 g/mol. The molecule has 1 aromatic heterocycles. The van der Waals surface area contributed by atoms with Crippen LogP contribution in [-0.4, -0.2) is 47.2 Å². The van der Waals surface area contributed by atoms with E-state index in [-0.39, 0.29) is 5.91 Å². The lowest BCUT2D eigenvalue weighted by molar-refractivity contribution is 0.0944. The van der Waals surface area contributed by atoms with E-state index in [1.165, 1.54) is 51.6 Å². The van der Waals surface area contributed by atoms with Gasteiger partial charge < -0.3 is 10.2 Å². The van der Waals surface area contributed by atoms with Crippen LogP contribution in [0.1, 0.15) is 62.2 Å². The zero-order valence-electron chi connectivity index (χ0n) is 15.4.